The summed E-state index contributed by atoms with van der Waals surface area (Å²) in [6.45, 7) is 1.80. The van der Waals surface area contributed by atoms with Gasteiger partial charge >= 0.3 is 6.18 Å². The molecule has 0 radical (unpaired) electrons. The summed E-state index contributed by atoms with van der Waals surface area (Å²) in [4.78, 5) is 4.35. The van der Waals surface area contributed by atoms with Crippen LogP contribution >= 0.6 is 0 Å². The van der Waals surface area contributed by atoms with Crippen molar-refractivity contribution >= 4 is 11.7 Å². The van der Waals surface area contributed by atoms with Gasteiger partial charge in [0.2, 0.25) is 0 Å². The van der Waals surface area contributed by atoms with Crippen molar-refractivity contribution in [3.05, 3.63) is 64.6 Å². The number of aliphatic hydroxyl groups is 1. The molecule has 0 unspecified atom stereocenters. The van der Waals surface area contributed by atoms with E-state index in [0.29, 0.717) is 31.0 Å². The van der Waals surface area contributed by atoms with Crippen LogP contribution in [-0.2, 0) is 25.4 Å². The molecule has 1 atom stereocenters. The summed E-state index contributed by atoms with van der Waals surface area (Å²) in [5.74, 6) is -0.932. The summed E-state index contributed by atoms with van der Waals surface area (Å²) < 4.78 is 58.7. The second-order valence-electron chi connectivity index (χ2n) is 7.31. The van der Waals surface area contributed by atoms with Crippen molar-refractivity contribution < 1.29 is 27.1 Å². The van der Waals surface area contributed by atoms with Crippen LogP contribution in [0.25, 0.3) is 11.3 Å². The standard InChI is InChI=1S/C22H20F4N2O2/c1-2-18-20(15-9-7-13(10-17(15)23)22(24,25)26)30-21(27-18)28-19-5-3-4-12-6-8-14(29)11-16(12)19/h3-5,7,9-10,14,29H,2,6,8,11H2,1H3,(H,27,28)/t14-/m0/s1. The lowest BCUT2D eigenvalue weighted by molar-refractivity contribution is -0.137. The van der Waals surface area contributed by atoms with Gasteiger partial charge < -0.3 is 14.8 Å². The molecule has 0 spiro atoms. The number of oxazole rings is 1. The summed E-state index contributed by atoms with van der Waals surface area (Å²) in [7, 11) is 0. The molecule has 0 saturated carbocycles. The van der Waals surface area contributed by atoms with E-state index in [1.807, 2.05) is 18.2 Å². The SMILES string of the molecule is CCc1nc(Nc2cccc3c2C[C@@H](O)CC3)oc1-c1ccc(C(F)(F)F)cc1F. The van der Waals surface area contributed by atoms with Gasteiger partial charge in [0.15, 0.2) is 5.76 Å². The predicted molar refractivity (Wildman–Crippen MR) is 104 cm³/mol. The topological polar surface area (TPSA) is 58.3 Å². The summed E-state index contributed by atoms with van der Waals surface area (Å²) in [5.41, 5.74) is 2.12. The number of rotatable bonds is 4. The third kappa shape index (κ3) is 3.92. The van der Waals surface area contributed by atoms with Crippen molar-refractivity contribution in [1.82, 2.24) is 4.98 Å². The first-order chi connectivity index (χ1) is 14.3. The van der Waals surface area contributed by atoms with E-state index < -0.39 is 23.7 Å². The Hall–Kier alpha value is -2.87. The van der Waals surface area contributed by atoms with Crippen LogP contribution in [0, 0.1) is 5.82 Å². The van der Waals surface area contributed by atoms with Gasteiger partial charge in [-0.15, -0.1) is 0 Å². The third-order valence-electron chi connectivity index (χ3n) is 5.27. The Morgan fingerprint density at radius 3 is 2.73 bits per heavy atom. The summed E-state index contributed by atoms with van der Waals surface area (Å²) in [6.07, 6.45) is -2.68. The van der Waals surface area contributed by atoms with Crippen molar-refractivity contribution in [2.75, 3.05) is 5.32 Å². The van der Waals surface area contributed by atoms with Gasteiger partial charge in [0, 0.05) is 12.1 Å². The van der Waals surface area contributed by atoms with Crippen molar-refractivity contribution in [2.45, 2.75) is 44.9 Å². The third-order valence-corrected chi connectivity index (χ3v) is 5.27. The van der Waals surface area contributed by atoms with E-state index in [2.05, 4.69) is 10.3 Å². The molecule has 0 fully saturated rings. The molecule has 0 saturated heterocycles. The van der Waals surface area contributed by atoms with Crippen molar-refractivity contribution in [1.29, 1.82) is 0 Å². The van der Waals surface area contributed by atoms with Gasteiger partial charge in [-0.2, -0.15) is 18.2 Å². The lowest BCUT2D eigenvalue weighted by Crippen LogP contribution is -2.19. The number of anilines is 2. The van der Waals surface area contributed by atoms with E-state index in [1.54, 1.807) is 6.92 Å². The first kappa shape index (κ1) is 20.4. The maximum absolute atomic E-state index is 14.5. The number of halogens is 4. The molecule has 3 aromatic rings. The minimum atomic E-state index is -4.63. The Labute approximate surface area is 170 Å². The van der Waals surface area contributed by atoms with Crippen LogP contribution in [0.15, 0.2) is 40.8 Å². The van der Waals surface area contributed by atoms with Crippen LogP contribution in [0.3, 0.4) is 0 Å². The van der Waals surface area contributed by atoms with Crippen LogP contribution < -0.4 is 5.32 Å². The van der Waals surface area contributed by atoms with Crippen LogP contribution in [0.2, 0.25) is 0 Å². The molecule has 8 heteroatoms. The zero-order chi connectivity index (χ0) is 21.5. The number of nitrogens with zero attached hydrogens (tertiary/aromatic N) is 1. The average molecular weight is 420 g/mol. The smallest absolute Gasteiger partial charge is 0.416 e. The molecule has 2 N–H and O–H groups in total. The molecule has 158 valence electrons. The van der Waals surface area contributed by atoms with Crippen molar-refractivity contribution in [3.8, 4) is 11.3 Å². The molecule has 1 aliphatic carbocycles. The number of aliphatic hydroxyl groups excluding tert-OH is 1. The Bertz CT molecular complexity index is 1080. The van der Waals surface area contributed by atoms with Gasteiger partial charge in [-0.3, -0.25) is 0 Å². The number of hydrogen-bond acceptors (Lipinski definition) is 4. The molecule has 1 aliphatic rings. The zero-order valence-corrected chi connectivity index (χ0v) is 16.2. The number of aromatic nitrogens is 1. The molecule has 0 bridgehead atoms. The number of fused-ring (bicyclic) bond motifs is 1. The first-order valence-electron chi connectivity index (χ1n) is 9.69. The minimum Gasteiger partial charge on any atom is -0.423 e. The number of aryl methyl sites for hydroxylation is 2. The molecule has 1 aromatic heterocycles. The fraction of sp³-hybridized carbons (Fsp3) is 0.318. The van der Waals surface area contributed by atoms with Crippen molar-refractivity contribution in [2.24, 2.45) is 0 Å². The number of nitrogens with one attached hydrogen (secondary N) is 1. The highest BCUT2D eigenvalue weighted by atomic mass is 19.4. The maximum atomic E-state index is 14.5. The summed E-state index contributed by atoms with van der Waals surface area (Å²) in [6, 6.07) is 8.19. The van der Waals surface area contributed by atoms with Gasteiger partial charge in [0.1, 0.15) is 5.82 Å². The van der Waals surface area contributed by atoms with Gasteiger partial charge in [0.05, 0.1) is 22.9 Å². The monoisotopic (exact) mass is 420 g/mol. The lowest BCUT2D eigenvalue weighted by Gasteiger charge is -2.23. The quantitative estimate of drug-likeness (QED) is 0.535. The second-order valence-corrected chi connectivity index (χ2v) is 7.31. The van der Waals surface area contributed by atoms with E-state index >= 15 is 0 Å². The van der Waals surface area contributed by atoms with E-state index in [9.17, 15) is 22.7 Å². The Kier molecular flexibility index (Phi) is 5.27. The molecule has 4 nitrogen and oxygen atoms in total. The second kappa shape index (κ2) is 7.75. The molecule has 0 amide bonds. The number of alkyl halides is 3. The van der Waals surface area contributed by atoms with Crippen LogP contribution in [-0.4, -0.2) is 16.2 Å². The van der Waals surface area contributed by atoms with E-state index in [1.165, 1.54) is 0 Å². The number of benzene rings is 2. The molecule has 2 aromatic carbocycles. The highest BCUT2D eigenvalue weighted by molar-refractivity contribution is 5.66. The molecular formula is C22H20F4N2O2. The predicted octanol–water partition coefficient (Wildman–Crippen LogP) is 5.66. The molecule has 1 heterocycles. The van der Waals surface area contributed by atoms with Crippen molar-refractivity contribution in [3.63, 3.8) is 0 Å². The van der Waals surface area contributed by atoms with Gasteiger partial charge in [0.25, 0.3) is 6.01 Å². The Balaban J connectivity index is 1.68. The van der Waals surface area contributed by atoms with E-state index in [-0.39, 0.29) is 17.3 Å². The van der Waals surface area contributed by atoms with Gasteiger partial charge in [-0.25, -0.2) is 4.39 Å². The fourth-order valence-electron chi connectivity index (χ4n) is 3.73. The molecular weight excluding hydrogens is 400 g/mol. The van der Waals surface area contributed by atoms with Crippen LogP contribution in [0.1, 0.15) is 35.7 Å². The maximum Gasteiger partial charge on any atom is 0.416 e. The minimum absolute atomic E-state index is 0.0779. The highest BCUT2D eigenvalue weighted by Crippen LogP contribution is 2.36. The first-order valence-corrected chi connectivity index (χ1v) is 9.69. The molecule has 4 rings (SSSR count). The largest absolute Gasteiger partial charge is 0.423 e. The highest BCUT2D eigenvalue weighted by Gasteiger charge is 2.32. The van der Waals surface area contributed by atoms with Crippen LogP contribution in [0.5, 0.6) is 0 Å². The van der Waals surface area contributed by atoms with E-state index in [4.69, 9.17) is 4.42 Å². The van der Waals surface area contributed by atoms with Gasteiger partial charge in [-0.05, 0) is 54.7 Å². The average Bonchev–Trinajstić information content (AvgIpc) is 3.10. The fourth-order valence-corrected chi connectivity index (χ4v) is 3.73. The summed E-state index contributed by atoms with van der Waals surface area (Å²) in [5, 5.41) is 13.1. The Morgan fingerprint density at radius 1 is 1.23 bits per heavy atom. The molecule has 30 heavy (non-hydrogen) atoms. The number of hydrogen-bond donors (Lipinski definition) is 2. The summed E-state index contributed by atoms with van der Waals surface area (Å²) >= 11 is 0. The zero-order valence-electron chi connectivity index (χ0n) is 16.2. The van der Waals surface area contributed by atoms with E-state index in [0.717, 1.165) is 35.4 Å². The molecule has 0 aliphatic heterocycles. The normalized spacial score (nSPS) is 16.4. The van der Waals surface area contributed by atoms with Gasteiger partial charge in [-0.1, -0.05) is 19.1 Å². The van der Waals surface area contributed by atoms with Crippen LogP contribution in [0.4, 0.5) is 29.3 Å². The lowest BCUT2D eigenvalue weighted by atomic mass is 9.88. The Morgan fingerprint density at radius 2 is 2.03 bits per heavy atom.